The Hall–Kier alpha value is -1.77. The van der Waals surface area contributed by atoms with Crippen molar-refractivity contribution in [2.24, 2.45) is 0 Å². The van der Waals surface area contributed by atoms with Crippen molar-refractivity contribution in [3.8, 4) is 0 Å². The lowest BCUT2D eigenvalue weighted by atomic mass is 10.2. The lowest BCUT2D eigenvalue weighted by Crippen LogP contribution is -2.34. The van der Waals surface area contributed by atoms with E-state index in [1.165, 1.54) is 0 Å². The molecule has 0 unspecified atom stereocenters. The van der Waals surface area contributed by atoms with Gasteiger partial charge in [0.15, 0.2) is 0 Å². The third-order valence-corrected chi connectivity index (χ3v) is 3.15. The standard InChI is InChI=1S/C15H19NO2/c1-2-7-14-10-6-11-16(14)15(17)18-12-13-8-4-3-5-9-13/h2-5,7-9,14H,6,10-12H2,1H3/b7-2+/t14-/m0/s1. The van der Waals surface area contributed by atoms with Gasteiger partial charge in [-0.1, -0.05) is 42.5 Å². The van der Waals surface area contributed by atoms with E-state index in [2.05, 4.69) is 6.08 Å². The number of hydrogen-bond donors (Lipinski definition) is 0. The first-order valence-electron chi connectivity index (χ1n) is 6.41. The van der Waals surface area contributed by atoms with E-state index < -0.39 is 0 Å². The molecule has 0 N–H and O–H groups in total. The minimum atomic E-state index is -0.209. The zero-order valence-electron chi connectivity index (χ0n) is 10.7. The summed E-state index contributed by atoms with van der Waals surface area (Å²) >= 11 is 0. The van der Waals surface area contributed by atoms with Crippen LogP contribution in [-0.2, 0) is 11.3 Å². The van der Waals surface area contributed by atoms with E-state index in [0.717, 1.165) is 24.9 Å². The third kappa shape index (κ3) is 3.13. The number of likely N-dealkylation sites (tertiary alicyclic amines) is 1. The molecular weight excluding hydrogens is 226 g/mol. The maximum Gasteiger partial charge on any atom is 0.410 e. The van der Waals surface area contributed by atoms with Crippen LogP contribution in [0.15, 0.2) is 42.5 Å². The monoisotopic (exact) mass is 245 g/mol. The number of hydrogen-bond acceptors (Lipinski definition) is 2. The number of benzene rings is 1. The van der Waals surface area contributed by atoms with Crippen LogP contribution in [0.25, 0.3) is 0 Å². The fraction of sp³-hybridized carbons (Fsp3) is 0.400. The van der Waals surface area contributed by atoms with Crippen molar-refractivity contribution in [2.75, 3.05) is 6.54 Å². The molecule has 96 valence electrons. The molecule has 0 spiro atoms. The maximum atomic E-state index is 12.0. The van der Waals surface area contributed by atoms with E-state index in [9.17, 15) is 4.79 Å². The number of rotatable bonds is 3. The molecule has 1 amide bonds. The molecule has 3 nitrogen and oxygen atoms in total. The summed E-state index contributed by atoms with van der Waals surface area (Å²) < 4.78 is 5.34. The van der Waals surface area contributed by atoms with E-state index in [0.29, 0.717) is 6.61 Å². The van der Waals surface area contributed by atoms with Crippen LogP contribution in [0.2, 0.25) is 0 Å². The summed E-state index contributed by atoms with van der Waals surface area (Å²) in [6.45, 7) is 3.12. The molecule has 3 heteroatoms. The van der Waals surface area contributed by atoms with Gasteiger partial charge in [-0.05, 0) is 25.3 Å². The van der Waals surface area contributed by atoms with Crippen molar-refractivity contribution >= 4 is 6.09 Å². The second kappa shape index (κ2) is 6.24. The highest BCUT2D eigenvalue weighted by Crippen LogP contribution is 2.19. The highest BCUT2D eigenvalue weighted by atomic mass is 16.6. The fourth-order valence-electron chi connectivity index (χ4n) is 2.24. The first-order valence-corrected chi connectivity index (χ1v) is 6.41. The molecule has 0 aromatic heterocycles. The van der Waals surface area contributed by atoms with Crippen molar-refractivity contribution in [3.05, 3.63) is 48.0 Å². The van der Waals surface area contributed by atoms with Gasteiger partial charge in [-0.3, -0.25) is 0 Å². The summed E-state index contributed by atoms with van der Waals surface area (Å²) in [6.07, 6.45) is 5.93. The van der Waals surface area contributed by atoms with Crippen molar-refractivity contribution < 1.29 is 9.53 Å². The van der Waals surface area contributed by atoms with Gasteiger partial charge in [0.05, 0.1) is 6.04 Å². The largest absolute Gasteiger partial charge is 0.445 e. The van der Waals surface area contributed by atoms with Crippen LogP contribution in [0, 0.1) is 0 Å². The molecule has 1 heterocycles. The van der Waals surface area contributed by atoms with Crippen molar-refractivity contribution in [1.82, 2.24) is 4.90 Å². The summed E-state index contributed by atoms with van der Waals surface area (Å²) in [5, 5.41) is 0. The average Bonchev–Trinajstić information content (AvgIpc) is 2.86. The van der Waals surface area contributed by atoms with Crippen LogP contribution >= 0.6 is 0 Å². The van der Waals surface area contributed by atoms with E-state index in [1.54, 1.807) is 0 Å². The molecule has 1 aromatic rings. The lowest BCUT2D eigenvalue weighted by Gasteiger charge is -2.21. The number of carbonyl (C=O) groups excluding carboxylic acids is 1. The van der Waals surface area contributed by atoms with Crippen LogP contribution in [0.3, 0.4) is 0 Å². The van der Waals surface area contributed by atoms with E-state index in [-0.39, 0.29) is 12.1 Å². The van der Waals surface area contributed by atoms with E-state index in [4.69, 9.17) is 4.74 Å². The number of carbonyl (C=O) groups is 1. The topological polar surface area (TPSA) is 29.5 Å². The van der Waals surface area contributed by atoms with Gasteiger partial charge in [0.1, 0.15) is 6.61 Å². The molecule has 1 atom stereocenters. The molecule has 1 saturated heterocycles. The Kier molecular flexibility index (Phi) is 4.40. The Bertz CT molecular complexity index is 414. The summed E-state index contributed by atoms with van der Waals surface area (Å²) in [5.74, 6) is 0. The Morgan fingerprint density at radius 2 is 2.22 bits per heavy atom. The number of nitrogens with zero attached hydrogens (tertiary/aromatic N) is 1. The number of allylic oxidation sites excluding steroid dienone is 1. The molecule has 1 aromatic carbocycles. The summed E-state index contributed by atoms with van der Waals surface area (Å²) in [5.41, 5.74) is 1.02. The molecular formula is C15H19NO2. The maximum absolute atomic E-state index is 12.0. The smallest absolute Gasteiger partial charge is 0.410 e. The SMILES string of the molecule is C/C=C/[C@H]1CCCN1C(=O)OCc1ccccc1. The van der Waals surface area contributed by atoms with Crippen molar-refractivity contribution in [1.29, 1.82) is 0 Å². The van der Waals surface area contributed by atoms with Crippen LogP contribution in [0.5, 0.6) is 0 Å². The van der Waals surface area contributed by atoms with Gasteiger partial charge in [-0.25, -0.2) is 4.79 Å². The van der Waals surface area contributed by atoms with Crippen LogP contribution in [0.1, 0.15) is 25.3 Å². The van der Waals surface area contributed by atoms with Crippen molar-refractivity contribution in [3.63, 3.8) is 0 Å². The Labute approximate surface area is 108 Å². The van der Waals surface area contributed by atoms with Gasteiger partial charge in [-0.2, -0.15) is 0 Å². The third-order valence-electron chi connectivity index (χ3n) is 3.15. The second-order valence-corrected chi connectivity index (χ2v) is 4.47. The van der Waals surface area contributed by atoms with Gasteiger partial charge in [0.2, 0.25) is 0 Å². The summed E-state index contributed by atoms with van der Waals surface area (Å²) in [6, 6.07) is 9.97. The quantitative estimate of drug-likeness (QED) is 0.764. The van der Waals surface area contributed by atoms with Crippen LogP contribution in [-0.4, -0.2) is 23.6 Å². The zero-order valence-corrected chi connectivity index (χ0v) is 10.7. The molecule has 0 aliphatic carbocycles. The van der Waals surface area contributed by atoms with E-state index >= 15 is 0 Å². The molecule has 1 fully saturated rings. The van der Waals surface area contributed by atoms with Crippen LogP contribution < -0.4 is 0 Å². The molecule has 0 saturated carbocycles. The minimum Gasteiger partial charge on any atom is -0.445 e. The second-order valence-electron chi connectivity index (χ2n) is 4.47. The molecule has 1 aliphatic heterocycles. The minimum absolute atomic E-state index is 0.207. The summed E-state index contributed by atoms with van der Waals surface area (Å²) in [7, 11) is 0. The molecule has 0 bridgehead atoms. The molecule has 1 aliphatic rings. The predicted octanol–water partition coefficient (Wildman–Crippen LogP) is 3.36. The van der Waals surface area contributed by atoms with Crippen molar-refractivity contribution in [2.45, 2.75) is 32.4 Å². The zero-order chi connectivity index (χ0) is 12.8. The number of amides is 1. The first kappa shape index (κ1) is 12.7. The Balaban J connectivity index is 1.88. The van der Waals surface area contributed by atoms with E-state index in [1.807, 2.05) is 48.2 Å². The first-order chi connectivity index (χ1) is 8.81. The Morgan fingerprint density at radius 3 is 2.94 bits per heavy atom. The lowest BCUT2D eigenvalue weighted by molar-refractivity contribution is 0.0975. The van der Waals surface area contributed by atoms with Gasteiger partial charge >= 0.3 is 6.09 Å². The highest BCUT2D eigenvalue weighted by Gasteiger charge is 2.27. The molecule has 2 rings (SSSR count). The normalized spacial score (nSPS) is 19.4. The van der Waals surface area contributed by atoms with Gasteiger partial charge in [-0.15, -0.1) is 0 Å². The Morgan fingerprint density at radius 1 is 1.44 bits per heavy atom. The molecule has 18 heavy (non-hydrogen) atoms. The molecule has 0 radical (unpaired) electrons. The highest BCUT2D eigenvalue weighted by molar-refractivity contribution is 5.68. The summed E-state index contributed by atoms with van der Waals surface area (Å²) in [4.78, 5) is 13.8. The predicted molar refractivity (Wildman–Crippen MR) is 71.2 cm³/mol. The number of ether oxygens (including phenoxy) is 1. The van der Waals surface area contributed by atoms with Gasteiger partial charge < -0.3 is 9.64 Å². The van der Waals surface area contributed by atoms with Crippen LogP contribution in [0.4, 0.5) is 4.79 Å². The van der Waals surface area contributed by atoms with Gasteiger partial charge in [0.25, 0.3) is 0 Å². The van der Waals surface area contributed by atoms with Gasteiger partial charge in [0, 0.05) is 6.54 Å². The fourth-order valence-corrected chi connectivity index (χ4v) is 2.24. The average molecular weight is 245 g/mol.